The molecule has 10 heteroatoms. The quantitative estimate of drug-likeness (QED) is 0.792. The molecule has 0 radical (unpaired) electrons. The highest BCUT2D eigenvalue weighted by molar-refractivity contribution is 7.15. The second kappa shape index (κ2) is 4.99. The maximum absolute atomic E-state index is 12.0. The molecule has 1 aromatic heterocycles. The van der Waals surface area contributed by atoms with Gasteiger partial charge >= 0.3 is 12.4 Å². The Bertz CT molecular complexity index is 361. The molecule has 0 unspecified atom stereocenters. The predicted octanol–water partition coefficient (Wildman–Crippen LogP) is 3.81. The number of ether oxygens (including phenoxy) is 1. The van der Waals surface area contributed by atoms with Gasteiger partial charge in [-0.3, -0.25) is 0 Å². The molecule has 0 saturated carbocycles. The Kier molecular flexibility index (Phi) is 4.26. The Morgan fingerprint density at radius 3 is 2.12 bits per heavy atom. The van der Waals surface area contributed by atoms with Crippen LogP contribution in [-0.2, 0) is 11.3 Å². The molecule has 0 N–H and O–H groups in total. The highest BCUT2D eigenvalue weighted by atomic mass is 35.5. The minimum absolute atomic E-state index is 0.0131. The van der Waals surface area contributed by atoms with Crippen molar-refractivity contribution in [2.45, 2.75) is 25.1 Å². The van der Waals surface area contributed by atoms with Crippen molar-refractivity contribution >= 4 is 22.9 Å². The molecule has 0 bridgehead atoms. The number of halogens is 7. The number of hydrogen-bond donors (Lipinski definition) is 0. The minimum Gasteiger partial charge on any atom is -0.355 e. The van der Waals surface area contributed by atoms with E-state index in [1.807, 2.05) is 0 Å². The van der Waals surface area contributed by atoms with E-state index in [4.69, 9.17) is 11.6 Å². The van der Waals surface area contributed by atoms with Gasteiger partial charge in [-0.05, 0) is 0 Å². The first-order valence-corrected chi connectivity index (χ1v) is 5.15. The van der Waals surface area contributed by atoms with Gasteiger partial charge in [0.1, 0.15) is 0 Å². The molecular weight excluding hydrogens is 296 g/mol. The molecule has 0 saturated heterocycles. The van der Waals surface area contributed by atoms with Crippen LogP contribution >= 0.6 is 22.9 Å². The van der Waals surface area contributed by atoms with Crippen LogP contribution in [-0.4, -0.2) is 23.4 Å². The third-order valence-corrected chi connectivity index (χ3v) is 2.60. The summed E-state index contributed by atoms with van der Waals surface area (Å²) < 4.78 is 76.1. The van der Waals surface area contributed by atoms with Gasteiger partial charge in [0.15, 0.2) is 4.47 Å². The molecule has 0 spiro atoms. The molecule has 1 rings (SSSR count). The van der Waals surface area contributed by atoms with Gasteiger partial charge in [0.25, 0.3) is 0 Å². The van der Waals surface area contributed by atoms with Crippen LogP contribution in [0.25, 0.3) is 0 Å². The standard InChI is InChI=1S/C7H4ClF6NOS/c8-5-15-1-3(17-5)2-16-4(6(9,10)11)7(12,13)14/h1,4H,2H2. The smallest absolute Gasteiger partial charge is 0.355 e. The number of hydrogen-bond acceptors (Lipinski definition) is 3. The van der Waals surface area contributed by atoms with Gasteiger partial charge in [0, 0.05) is 6.20 Å². The van der Waals surface area contributed by atoms with E-state index in [0.717, 1.165) is 17.5 Å². The van der Waals surface area contributed by atoms with Gasteiger partial charge in [0.2, 0.25) is 6.10 Å². The minimum atomic E-state index is -5.51. The molecule has 0 atom stereocenters. The maximum atomic E-state index is 12.0. The first-order valence-electron chi connectivity index (χ1n) is 3.96. The summed E-state index contributed by atoms with van der Waals surface area (Å²) in [4.78, 5) is 3.54. The zero-order valence-corrected chi connectivity index (χ0v) is 9.34. The second-order valence-electron chi connectivity index (χ2n) is 2.85. The third-order valence-electron chi connectivity index (χ3n) is 1.51. The summed E-state index contributed by atoms with van der Waals surface area (Å²) in [5.74, 6) is 0. The Hall–Kier alpha value is -0.540. The molecule has 1 heterocycles. The fourth-order valence-corrected chi connectivity index (χ4v) is 1.79. The van der Waals surface area contributed by atoms with E-state index in [2.05, 4.69) is 9.72 Å². The Morgan fingerprint density at radius 1 is 1.24 bits per heavy atom. The maximum Gasteiger partial charge on any atom is 0.423 e. The van der Waals surface area contributed by atoms with E-state index in [1.54, 1.807) is 0 Å². The largest absolute Gasteiger partial charge is 0.423 e. The molecule has 0 aliphatic rings. The van der Waals surface area contributed by atoms with E-state index in [0.29, 0.717) is 0 Å². The highest BCUT2D eigenvalue weighted by Crippen LogP contribution is 2.36. The lowest BCUT2D eigenvalue weighted by molar-refractivity contribution is -0.324. The van der Waals surface area contributed by atoms with E-state index < -0.39 is 25.1 Å². The monoisotopic (exact) mass is 299 g/mol. The first-order chi connectivity index (χ1) is 7.60. The molecule has 0 amide bonds. The van der Waals surface area contributed by atoms with Crippen LogP contribution < -0.4 is 0 Å². The number of nitrogens with zero attached hydrogens (tertiary/aromatic N) is 1. The Morgan fingerprint density at radius 2 is 1.76 bits per heavy atom. The molecule has 0 aromatic carbocycles. The molecule has 98 valence electrons. The van der Waals surface area contributed by atoms with E-state index in [1.165, 1.54) is 0 Å². The lowest BCUT2D eigenvalue weighted by Crippen LogP contribution is -2.44. The predicted molar refractivity (Wildman–Crippen MR) is 47.8 cm³/mol. The van der Waals surface area contributed by atoms with Crippen LogP contribution in [0.4, 0.5) is 26.3 Å². The summed E-state index contributed by atoms with van der Waals surface area (Å²) in [6, 6.07) is 0. The summed E-state index contributed by atoms with van der Waals surface area (Å²) in [6.07, 6.45) is -13.8. The van der Waals surface area contributed by atoms with Crippen molar-refractivity contribution in [3.05, 3.63) is 15.5 Å². The Labute approximate surface area is 100 Å². The van der Waals surface area contributed by atoms with Gasteiger partial charge in [-0.25, -0.2) is 4.98 Å². The zero-order valence-electron chi connectivity index (χ0n) is 7.77. The van der Waals surface area contributed by atoms with Crippen molar-refractivity contribution in [1.82, 2.24) is 4.98 Å². The summed E-state index contributed by atoms with van der Waals surface area (Å²) in [5.41, 5.74) is 0. The van der Waals surface area contributed by atoms with Crippen LogP contribution in [0.2, 0.25) is 4.47 Å². The molecule has 0 aliphatic carbocycles. The van der Waals surface area contributed by atoms with Crippen molar-refractivity contribution in [2.75, 3.05) is 0 Å². The first kappa shape index (κ1) is 14.5. The summed E-state index contributed by atoms with van der Waals surface area (Å²) in [5, 5.41) is 0. The number of rotatable bonds is 3. The molecular formula is C7H4ClF6NOS. The van der Waals surface area contributed by atoms with E-state index in [9.17, 15) is 26.3 Å². The van der Waals surface area contributed by atoms with Crippen molar-refractivity contribution in [3.63, 3.8) is 0 Å². The van der Waals surface area contributed by atoms with Crippen molar-refractivity contribution < 1.29 is 31.1 Å². The molecule has 1 aromatic rings. The topological polar surface area (TPSA) is 22.1 Å². The molecule has 17 heavy (non-hydrogen) atoms. The van der Waals surface area contributed by atoms with E-state index in [-0.39, 0.29) is 9.34 Å². The van der Waals surface area contributed by atoms with Crippen LogP contribution in [0, 0.1) is 0 Å². The third kappa shape index (κ3) is 4.32. The second-order valence-corrected chi connectivity index (χ2v) is 4.55. The van der Waals surface area contributed by atoms with Crippen LogP contribution in [0.1, 0.15) is 4.88 Å². The van der Waals surface area contributed by atoms with Crippen molar-refractivity contribution in [3.8, 4) is 0 Å². The average Bonchev–Trinajstić information content (AvgIpc) is 2.46. The summed E-state index contributed by atoms with van der Waals surface area (Å²) in [6.45, 7) is -0.853. The SMILES string of the molecule is FC(F)(F)C(OCc1cnc(Cl)s1)C(F)(F)F. The molecule has 0 fully saturated rings. The average molecular weight is 300 g/mol. The Balaban J connectivity index is 2.69. The molecule has 2 nitrogen and oxygen atoms in total. The van der Waals surface area contributed by atoms with Crippen LogP contribution in [0.3, 0.4) is 0 Å². The zero-order chi connectivity index (χ0) is 13.3. The van der Waals surface area contributed by atoms with Crippen LogP contribution in [0.15, 0.2) is 6.20 Å². The fourth-order valence-electron chi connectivity index (χ4n) is 0.890. The number of thiazole rings is 1. The normalized spacial score (nSPS) is 13.4. The number of alkyl halides is 6. The van der Waals surface area contributed by atoms with Crippen LogP contribution in [0.5, 0.6) is 0 Å². The van der Waals surface area contributed by atoms with Crippen molar-refractivity contribution in [1.29, 1.82) is 0 Å². The fraction of sp³-hybridized carbons (Fsp3) is 0.571. The lowest BCUT2D eigenvalue weighted by atomic mass is 10.3. The number of aromatic nitrogens is 1. The highest BCUT2D eigenvalue weighted by Gasteiger charge is 2.57. The van der Waals surface area contributed by atoms with Gasteiger partial charge < -0.3 is 4.74 Å². The van der Waals surface area contributed by atoms with E-state index >= 15 is 0 Å². The molecule has 0 aliphatic heterocycles. The van der Waals surface area contributed by atoms with Gasteiger partial charge in [-0.1, -0.05) is 11.6 Å². The van der Waals surface area contributed by atoms with Gasteiger partial charge in [-0.2, -0.15) is 26.3 Å². The van der Waals surface area contributed by atoms with Gasteiger partial charge in [-0.15, -0.1) is 11.3 Å². The summed E-state index contributed by atoms with van der Waals surface area (Å²) in [7, 11) is 0. The van der Waals surface area contributed by atoms with Gasteiger partial charge in [0.05, 0.1) is 11.5 Å². The lowest BCUT2D eigenvalue weighted by Gasteiger charge is -2.22. The van der Waals surface area contributed by atoms with Crippen molar-refractivity contribution in [2.24, 2.45) is 0 Å². The summed E-state index contributed by atoms with van der Waals surface area (Å²) >= 11 is 6.11.